The smallest absolute Gasteiger partial charge is 0.247 e. The summed E-state index contributed by atoms with van der Waals surface area (Å²) in [5, 5.41) is 0.490. The summed E-state index contributed by atoms with van der Waals surface area (Å²) < 4.78 is 11.1. The van der Waals surface area contributed by atoms with Gasteiger partial charge in [0.15, 0.2) is 11.5 Å². The lowest BCUT2D eigenvalue weighted by atomic mass is 10.1. The van der Waals surface area contributed by atoms with E-state index < -0.39 is 0 Å². The number of carbonyl (C=O) groups excluding carboxylic acids is 1. The monoisotopic (exact) mass is 370 g/mol. The Balaban J connectivity index is 1.50. The van der Waals surface area contributed by atoms with Crippen molar-refractivity contribution in [3.63, 3.8) is 0 Å². The minimum Gasteiger partial charge on any atom is -0.486 e. The Morgan fingerprint density at radius 2 is 2.15 bits per heavy atom. The highest BCUT2D eigenvalue weighted by Gasteiger charge is 2.31. The van der Waals surface area contributed by atoms with E-state index in [0.29, 0.717) is 42.3 Å². The van der Waals surface area contributed by atoms with Crippen LogP contribution in [0.5, 0.6) is 11.5 Å². The molecule has 0 spiro atoms. The van der Waals surface area contributed by atoms with E-state index >= 15 is 0 Å². The van der Waals surface area contributed by atoms with Gasteiger partial charge in [0.05, 0.1) is 5.02 Å². The molecule has 1 saturated carbocycles. The van der Waals surface area contributed by atoms with Gasteiger partial charge in [0.1, 0.15) is 13.2 Å². The summed E-state index contributed by atoms with van der Waals surface area (Å²) in [4.78, 5) is 18.7. The van der Waals surface area contributed by atoms with E-state index in [2.05, 4.69) is 4.98 Å². The summed E-state index contributed by atoms with van der Waals surface area (Å²) in [6.45, 7) is 1.56. The predicted octanol–water partition coefficient (Wildman–Crippen LogP) is 3.71. The van der Waals surface area contributed by atoms with Gasteiger partial charge in [-0.2, -0.15) is 0 Å². The average Bonchev–Trinajstić information content (AvgIpc) is 3.50. The number of ether oxygens (including phenoxy) is 2. The third-order valence-corrected chi connectivity index (χ3v) is 4.66. The van der Waals surface area contributed by atoms with Gasteiger partial charge >= 0.3 is 0 Å². The molecule has 2 aliphatic rings. The maximum atomic E-state index is 12.7. The molecule has 0 saturated heterocycles. The molecule has 5 nitrogen and oxygen atoms in total. The molecule has 0 N–H and O–H groups in total. The molecule has 4 rings (SSSR count). The van der Waals surface area contributed by atoms with Crippen LogP contribution in [0.4, 0.5) is 0 Å². The fourth-order valence-corrected chi connectivity index (χ4v) is 3.23. The molecule has 0 unspecified atom stereocenters. The maximum Gasteiger partial charge on any atom is 0.247 e. The zero-order chi connectivity index (χ0) is 17.9. The van der Waals surface area contributed by atoms with E-state index in [1.165, 1.54) is 0 Å². The third-order valence-electron chi connectivity index (χ3n) is 4.38. The first-order chi connectivity index (χ1) is 12.7. The first-order valence-electron chi connectivity index (χ1n) is 8.67. The van der Waals surface area contributed by atoms with E-state index in [9.17, 15) is 4.79 Å². The summed E-state index contributed by atoms with van der Waals surface area (Å²) in [5.41, 5.74) is 1.84. The number of carbonyl (C=O) groups is 1. The van der Waals surface area contributed by atoms with Crippen molar-refractivity contribution < 1.29 is 14.3 Å². The number of fused-ring (bicyclic) bond motifs is 1. The number of nitrogens with zero attached hydrogens (tertiary/aromatic N) is 2. The summed E-state index contributed by atoms with van der Waals surface area (Å²) in [7, 11) is 0. The van der Waals surface area contributed by atoms with E-state index in [-0.39, 0.29) is 5.91 Å². The van der Waals surface area contributed by atoms with Gasteiger partial charge in [0.25, 0.3) is 0 Å². The number of benzene rings is 1. The van der Waals surface area contributed by atoms with E-state index in [1.807, 2.05) is 23.1 Å². The standard InChI is InChI=1S/C20H19ClN2O3/c21-17-10-14(11-18-20(17)26-9-8-25-18)3-6-19(24)23(16-4-5-16)13-15-2-1-7-22-12-15/h1-3,6-7,10-12,16H,4-5,8-9,13H2/b6-3+. The van der Waals surface area contributed by atoms with Crippen LogP contribution in [0.15, 0.2) is 42.7 Å². The molecule has 1 aliphatic carbocycles. The topological polar surface area (TPSA) is 51.7 Å². The van der Waals surface area contributed by atoms with E-state index in [1.54, 1.807) is 30.6 Å². The van der Waals surface area contributed by atoms with Crippen molar-refractivity contribution in [3.05, 3.63) is 58.9 Å². The minimum absolute atomic E-state index is 0.0117. The molecular weight excluding hydrogens is 352 g/mol. The number of rotatable bonds is 5. The number of halogens is 1. The van der Waals surface area contributed by atoms with Crippen LogP contribution in [0, 0.1) is 0 Å². The van der Waals surface area contributed by atoms with Crippen molar-refractivity contribution in [2.45, 2.75) is 25.4 Å². The van der Waals surface area contributed by atoms with Crippen molar-refractivity contribution in [3.8, 4) is 11.5 Å². The highest BCUT2D eigenvalue weighted by molar-refractivity contribution is 6.32. The van der Waals surface area contributed by atoms with Gasteiger partial charge in [0, 0.05) is 31.1 Å². The highest BCUT2D eigenvalue weighted by Crippen LogP contribution is 2.38. The molecule has 6 heteroatoms. The second-order valence-corrected chi connectivity index (χ2v) is 6.83. The van der Waals surface area contributed by atoms with Crippen molar-refractivity contribution in [1.82, 2.24) is 9.88 Å². The van der Waals surface area contributed by atoms with Crippen molar-refractivity contribution in [2.75, 3.05) is 13.2 Å². The quantitative estimate of drug-likeness (QED) is 0.753. The second kappa shape index (κ2) is 7.38. The molecule has 0 radical (unpaired) electrons. The van der Waals surface area contributed by atoms with E-state index in [4.69, 9.17) is 21.1 Å². The Kier molecular flexibility index (Phi) is 4.80. The molecule has 2 aromatic rings. The Morgan fingerprint density at radius 3 is 2.92 bits per heavy atom. The number of pyridine rings is 1. The molecular formula is C20H19ClN2O3. The molecule has 2 heterocycles. The lowest BCUT2D eigenvalue weighted by Crippen LogP contribution is -2.31. The highest BCUT2D eigenvalue weighted by atomic mass is 35.5. The molecule has 134 valence electrons. The maximum absolute atomic E-state index is 12.7. The van der Waals surface area contributed by atoms with Gasteiger partial charge in [-0.1, -0.05) is 17.7 Å². The fourth-order valence-electron chi connectivity index (χ4n) is 2.95. The van der Waals surface area contributed by atoms with Gasteiger partial charge < -0.3 is 14.4 Å². The molecule has 1 aromatic carbocycles. The van der Waals surface area contributed by atoms with Crippen molar-refractivity contribution in [2.24, 2.45) is 0 Å². The summed E-state index contributed by atoms with van der Waals surface area (Å²) in [5.74, 6) is 1.17. The van der Waals surface area contributed by atoms with E-state index in [0.717, 1.165) is 24.0 Å². The zero-order valence-corrected chi connectivity index (χ0v) is 15.0. The predicted molar refractivity (Wildman–Crippen MR) is 99.3 cm³/mol. The Hall–Kier alpha value is -2.53. The summed E-state index contributed by atoms with van der Waals surface area (Å²) in [6.07, 6.45) is 9.00. The first-order valence-corrected chi connectivity index (χ1v) is 9.05. The molecule has 1 fully saturated rings. The van der Waals surface area contributed by atoms with Crippen molar-refractivity contribution in [1.29, 1.82) is 0 Å². The number of amides is 1. The Labute approximate surface area is 157 Å². The van der Waals surface area contributed by atoms with Crippen LogP contribution in [0.25, 0.3) is 6.08 Å². The van der Waals surface area contributed by atoms with Crippen molar-refractivity contribution >= 4 is 23.6 Å². The number of hydrogen-bond donors (Lipinski definition) is 0. The van der Waals surface area contributed by atoms with Crippen LogP contribution in [0.3, 0.4) is 0 Å². The number of aromatic nitrogens is 1. The van der Waals surface area contributed by atoms with Crippen LogP contribution >= 0.6 is 11.6 Å². The Morgan fingerprint density at radius 1 is 1.31 bits per heavy atom. The van der Waals surface area contributed by atoms with Gasteiger partial charge in [-0.05, 0) is 48.2 Å². The largest absolute Gasteiger partial charge is 0.486 e. The average molecular weight is 371 g/mol. The minimum atomic E-state index is -0.0117. The first kappa shape index (κ1) is 16.9. The molecule has 1 amide bonds. The normalized spacial score (nSPS) is 15.9. The SMILES string of the molecule is O=C(/C=C/c1cc(Cl)c2c(c1)OCCO2)N(Cc1cccnc1)C1CC1. The molecule has 0 atom stereocenters. The van der Waals surface area contributed by atoms with Crippen LogP contribution in [-0.2, 0) is 11.3 Å². The lowest BCUT2D eigenvalue weighted by Gasteiger charge is -2.21. The van der Waals surface area contributed by atoms with Crippen LogP contribution in [-0.4, -0.2) is 35.0 Å². The molecule has 0 bridgehead atoms. The lowest BCUT2D eigenvalue weighted by molar-refractivity contribution is -0.127. The van der Waals surface area contributed by atoms with Crippen LogP contribution in [0.2, 0.25) is 5.02 Å². The van der Waals surface area contributed by atoms with Gasteiger partial charge in [-0.15, -0.1) is 0 Å². The zero-order valence-electron chi connectivity index (χ0n) is 14.2. The van der Waals surface area contributed by atoms with Crippen LogP contribution < -0.4 is 9.47 Å². The second-order valence-electron chi connectivity index (χ2n) is 6.42. The van der Waals surface area contributed by atoms with Crippen LogP contribution in [0.1, 0.15) is 24.0 Å². The Bertz CT molecular complexity index is 834. The van der Waals surface area contributed by atoms with Gasteiger partial charge in [-0.3, -0.25) is 9.78 Å². The molecule has 1 aliphatic heterocycles. The van der Waals surface area contributed by atoms with Gasteiger partial charge in [0.2, 0.25) is 5.91 Å². The fraction of sp³-hybridized carbons (Fsp3) is 0.300. The summed E-state index contributed by atoms with van der Waals surface area (Å²) >= 11 is 6.25. The van der Waals surface area contributed by atoms with Gasteiger partial charge in [-0.25, -0.2) is 0 Å². The number of hydrogen-bond acceptors (Lipinski definition) is 4. The third kappa shape index (κ3) is 3.83. The molecule has 1 aromatic heterocycles. The summed E-state index contributed by atoms with van der Waals surface area (Å²) in [6, 6.07) is 7.81. The molecule has 26 heavy (non-hydrogen) atoms.